The van der Waals surface area contributed by atoms with Crippen LogP contribution in [0.5, 0.6) is 5.75 Å². The van der Waals surface area contributed by atoms with Crippen LogP contribution < -0.4 is 5.32 Å². The maximum Gasteiger partial charge on any atom is 0.115 e. The third-order valence-electron chi connectivity index (χ3n) is 3.00. The molecule has 0 aliphatic carbocycles. The Kier molecular flexibility index (Phi) is 2.44. The Morgan fingerprint density at radius 2 is 2.29 bits per heavy atom. The van der Waals surface area contributed by atoms with Crippen molar-refractivity contribution >= 4 is 0 Å². The molecule has 1 aromatic carbocycles. The molecule has 1 aliphatic heterocycles. The molecule has 0 aromatic heterocycles. The molecule has 3 N–H and O–H groups in total. The van der Waals surface area contributed by atoms with Crippen LogP contribution in [0.15, 0.2) is 24.3 Å². The lowest BCUT2D eigenvalue weighted by molar-refractivity contribution is 0.205. The number of hydrogen-bond acceptors (Lipinski definition) is 3. The van der Waals surface area contributed by atoms with E-state index in [4.69, 9.17) is 0 Å². The third kappa shape index (κ3) is 1.49. The van der Waals surface area contributed by atoms with Crippen LogP contribution in [0.2, 0.25) is 0 Å². The molecule has 1 aliphatic rings. The second-order valence-corrected chi connectivity index (χ2v) is 3.92. The molecule has 3 nitrogen and oxygen atoms in total. The first-order valence-corrected chi connectivity index (χ1v) is 4.88. The zero-order valence-electron chi connectivity index (χ0n) is 8.03. The van der Waals surface area contributed by atoms with E-state index < -0.39 is 0 Å². The highest BCUT2D eigenvalue weighted by atomic mass is 16.3. The fourth-order valence-corrected chi connectivity index (χ4v) is 2.05. The molecular weight excluding hydrogens is 178 g/mol. The van der Waals surface area contributed by atoms with Crippen molar-refractivity contribution in [1.82, 2.24) is 5.32 Å². The monoisotopic (exact) mass is 193 g/mol. The van der Waals surface area contributed by atoms with Crippen molar-refractivity contribution in [3.05, 3.63) is 29.8 Å². The summed E-state index contributed by atoms with van der Waals surface area (Å²) >= 11 is 0. The summed E-state index contributed by atoms with van der Waals surface area (Å²) in [6, 6.07) is 7.17. The second-order valence-electron chi connectivity index (χ2n) is 3.92. The molecule has 1 saturated heterocycles. The Balaban J connectivity index is 2.35. The van der Waals surface area contributed by atoms with Crippen molar-refractivity contribution in [1.29, 1.82) is 0 Å². The fraction of sp³-hybridized carbons (Fsp3) is 0.455. The first-order chi connectivity index (χ1) is 6.77. The van der Waals surface area contributed by atoms with E-state index in [1.54, 1.807) is 12.1 Å². The van der Waals surface area contributed by atoms with Crippen LogP contribution >= 0.6 is 0 Å². The molecule has 0 saturated carbocycles. The number of aliphatic hydroxyl groups is 1. The predicted molar refractivity (Wildman–Crippen MR) is 54.4 cm³/mol. The average molecular weight is 193 g/mol. The SMILES string of the molecule is OCC1(c2cccc(O)c2)CCNC1. The average Bonchev–Trinajstić information content (AvgIpc) is 2.67. The summed E-state index contributed by atoms with van der Waals surface area (Å²) in [5.74, 6) is 0.266. The lowest BCUT2D eigenvalue weighted by Crippen LogP contribution is -2.32. The van der Waals surface area contributed by atoms with Gasteiger partial charge >= 0.3 is 0 Å². The molecule has 1 fully saturated rings. The topological polar surface area (TPSA) is 52.5 Å². The zero-order valence-corrected chi connectivity index (χ0v) is 8.03. The van der Waals surface area contributed by atoms with Crippen molar-refractivity contribution in [3.63, 3.8) is 0 Å². The summed E-state index contributed by atoms with van der Waals surface area (Å²) in [5.41, 5.74) is 0.823. The molecule has 76 valence electrons. The molecule has 14 heavy (non-hydrogen) atoms. The zero-order chi connectivity index (χ0) is 10.0. The van der Waals surface area contributed by atoms with Gasteiger partial charge in [-0.25, -0.2) is 0 Å². The Morgan fingerprint density at radius 1 is 1.43 bits per heavy atom. The number of rotatable bonds is 2. The Morgan fingerprint density at radius 3 is 2.86 bits per heavy atom. The number of hydrogen-bond donors (Lipinski definition) is 3. The van der Waals surface area contributed by atoms with Gasteiger partial charge in [-0.3, -0.25) is 0 Å². The van der Waals surface area contributed by atoms with Crippen molar-refractivity contribution in [3.8, 4) is 5.75 Å². The normalized spacial score (nSPS) is 26.6. The number of phenols is 1. The van der Waals surface area contributed by atoms with Crippen molar-refractivity contribution in [2.45, 2.75) is 11.8 Å². The summed E-state index contributed by atoms with van der Waals surface area (Å²) in [6.45, 7) is 1.84. The molecule has 3 heteroatoms. The third-order valence-corrected chi connectivity index (χ3v) is 3.00. The molecule has 0 radical (unpaired) electrons. The van der Waals surface area contributed by atoms with Gasteiger partial charge in [-0.05, 0) is 30.7 Å². The quantitative estimate of drug-likeness (QED) is 0.645. The van der Waals surface area contributed by atoms with Crippen LogP contribution in [0.3, 0.4) is 0 Å². The van der Waals surface area contributed by atoms with Gasteiger partial charge in [0.1, 0.15) is 5.75 Å². The molecule has 1 atom stereocenters. The number of nitrogens with one attached hydrogen (secondary N) is 1. The minimum Gasteiger partial charge on any atom is -0.508 e. The minimum atomic E-state index is -0.196. The smallest absolute Gasteiger partial charge is 0.115 e. The van der Waals surface area contributed by atoms with E-state index in [9.17, 15) is 10.2 Å². The number of aliphatic hydroxyl groups excluding tert-OH is 1. The van der Waals surface area contributed by atoms with Gasteiger partial charge in [0.2, 0.25) is 0 Å². The molecule has 1 heterocycles. The lowest BCUT2D eigenvalue weighted by Gasteiger charge is -2.26. The first kappa shape index (κ1) is 9.49. The summed E-state index contributed by atoms with van der Waals surface area (Å²) in [7, 11) is 0. The van der Waals surface area contributed by atoms with E-state index in [1.165, 1.54) is 0 Å². The highest BCUT2D eigenvalue weighted by Gasteiger charge is 2.34. The van der Waals surface area contributed by atoms with Crippen LogP contribution in [0, 0.1) is 0 Å². The second kappa shape index (κ2) is 3.59. The van der Waals surface area contributed by atoms with Gasteiger partial charge in [-0.2, -0.15) is 0 Å². The van der Waals surface area contributed by atoms with Crippen molar-refractivity contribution < 1.29 is 10.2 Å². The molecule has 1 aromatic rings. The van der Waals surface area contributed by atoms with E-state index in [0.29, 0.717) is 0 Å². The van der Waals surface area contributed by atoms with Crippen LogP contribution in [-0.4, -0.2) is 29.9 Å². The minimum absolute atomic E-state index is 0.128. The van der Waals surface area contributed by atoms with E-state index in [1.807, 2.05) is 12.1 Å². The molecule has 0 amide bonds. The molecule has 2 rings (SSSR count). The molecule has 0 bridgehead atoms. The van der Waals surface area contributed by atoms with Crippen molar-refractivity contribution in [2.75, 3.05) is 19.7 Å². The largest absolute Gasteiger partial charge is 0.508 e. The molecule has 1 unspecified atom stereocenters. The summed E-state index contributed by atoms with van der Waals surface area (Å²) in [4.78, 5) is 0. The standard InChI is InChI=1S/C11H15NO2/c13-8-11(4-5-12-7-11)9-2-1-3-10(14)6-9/h1-3,6,12-14H,4-5,7-8H2. The maximum absolute atomic E-state index is 9.44. The number of phenolic OH excluding ortho intramolecular Hbond substituents is 1. The van der Waals surface area contributed by atoms with Gasteiger partial charge in [0, 0.05) is 12.0 Å². The van der Waals surface area contributed by atoms with Gasteiger partial charge in [0.05, 0.1) is 6.61 Å². The van der Waals surface area contributed by atoms with Gasteiger partial charge in [0.15, 0.2) is 0 Å². The van der Waals surface area contributed by atoms with E-state index >= 15 is 0 Å². The molecular formula is C11H15NO2. The summed E-state index contributed by atoms with van der Waals surface area (Å²) < 4.78 is 0. The Hall–Kier alpha value is -1.06. The number of benzene rings is 1. The van der Waals surface area contributed by atoms with E-state index in [-0.39, 0.29) is 17.8 Å². The van der Waals surface area contributed by atoms with Gasteiger partial charge < -0.3 is 15.5 Å². The summed E-state index contributed by atoms with van der Waals surface area (Å²) in [6.07, 6.45) is 0.924. The number of aromatic hydroxyl groups is 1. The van der Waals surface area contributed by atoms with Crippen LogP contribution in [0.4, 0.5) is 0 Å². The van der Waals surface area contributed by atoms with E-state index in [2.05, 4.69) is 5.32 Å². The Labute approximate surface area is 83.4 Å². The highest BCUT2D eigenvalue weighted by molar-refractivity contribution is 5.34. The van der Waals surface area contributed by atoms with E-state index in [0.717, 1.165) is 25.1 Å². The van der Waals surface area contributed by atoms with Crippen LogP contribution in [-0.2, 0) is 5.41 Å². The van der Waals surface area contributed by atoms with Gasteiger partial charge in [0.25, 0.3) is 0 Å². The first-order valence-electron chi connectivity index (χ1n) is 4.88. The van der Waals surface area contributed by atoms with Crippen molar-refractivity contribution in [2.24, 2.45) is 0 Å². The molecule has 0 spiro atoms. The van der Waals surface area contributed by atoms with Crippen LogP contribution in [0.25, 0.3) is 0 Å². The fourth-order valence-electron chi connectivity index (χ4n) is 2.05. The Bertz CT molecular complexity index is 319. The van der Waals surface area contributed by atoms with Gasteiger partial charge in [-0.1, -0.05) is 12.1 Å². The lowest BCUT2D eigenvalue weighted by atomic mass is 9.80. The van der Waals surface area contributed by atoms with Crippen LogP contribution in [0.1, 0.15) is 12.0 Å². The highest BCUT2D eigenvalue weighted by Crippen LogP contribution is 2.31. The predicted octanol–water partition coefficient (Wildman–Crippen LogP) is 0.616. The van der Waals surface area contributed by atoms with Gasteiger partial charge in [-0.15, -0.1) is 0 Å². The maximum atomic E-state index is 9.44. The summed E-state index contributed by atoms with van der Waals surface area (Å²) in [5, 5.41) is 22.1.